The van der Waals surface area contributed by atoms with Gasteiger partial charge in [-0.05, 0) is 36.4 Å². The van der Waals surface area contributed by atoms with Crippen LogP contribution in [0, 0.1) is 0 Å². The van der Waals surface area contributed by atoms with Gasteiger partial charge in [-0.1, -0.05) is 18.2 Å². The van der Waals surface area contributed by atoms with Gasteiger partial charge in [-0.15, -0.1) is 0 Å². The Kier molecular flexibility index (Phi) is 5.79. The lowest BCUT2D eigenvalue weighted by molar-refractivity contribution is 0.102. The summed E-state index contributed by atoms with van der Waals surface area (Å²) in [5.41, 5.74) is 3.48. The highest BCUT2D eigenvalue weighted by Crippen LogP contribution is 2.19. The number of aromatic nitrogens is 2. The fourth-order valence-corrected chi connectivity index (χ4v) is 3.47. The van der Waals surface area contributed by atoms with E-state index in [1.807, 2.05) is 49.3 Å². The molecule has 154 valence electrons. The van der Waals surface area contributed by atoms with Crippen molar-refractivity contribution in [2.45, 2.75) is 0 Å². The van der Waals surface area contributed by atoms with Crippen molar-refractivity contribution in [2.75, 3.05) is 60.3 Å². The van der Waals surface area contributed by atoms with E-state index >= 15 is 0 Å². The molecule has 1 fully saturated rings. The van der Waals surface area contributed by atoms with Crippen LogP contribution in [-0.4, -0.2) is 56.1 Å². The smallest absolute Gasteiger partial charge is 0.255 e. The number of benzene rings is 2. The lowest BCUT2D eigenvalue weighted by Crippen LogP contribution is -2.47. The second-order valence-corrected chi connectivity index (χ2v) is 7.48. The summed E-state index contributed by atoms with van der Waals surface area (Å²) in [5, 5.41) is 2.86. The number of rotatable bonds is 5. The standard InChI is InChI=1S/C23H26N6O/c1-27(2)20-10-8-18(9-11-20)22(30)26-19-16-24-23(25-17-19)29-14-12-28(13-15-29)21-6-4-3-5-7-21/h3-11,16-17H,12-15H2,1-2H3,(H,26,30). The van der Waals surface area contributed by atoms with E-state index in [-0.39, 0.29) is 5.91 Å². The van der Waals surface area contributed by atoms with E-state index < -0.39 is 0 Å². The van der Waals surface area contributed by atoms with Crippen LogP contribution < -0.4 is 20.0 Å². The Balaban J connectivity index is 1.33. The summed E-state index contributed by atoms with van der Waals surface area (Å²) < 4.78 is 0. The van der Waals surface area contributed by atoms with Crippen molar-refractivity contribution in [2.24, 2.45) is 0 Å². The van der Waals surface area contributed by atoms with Crippen LogP contribution in [-0.2, 0) is 0 Å². The monoisotopic (exact) mass is 402 g/mol. The number of carbonyl (C=O) groups excluding carboxylic acids is 1. The summed E-state index contributed by atoms with van der Waals surface area (Å²) in [6, 6.07) is 17.9. The summed E-state index contributed by atoms with van der Waals surface area (Å²) in [6.45, 7) is 3.57. The van der Waals surface area contributed by atoms with Crippen LogP contribution in [0.25, 0.3) is 0 Å². The molecular formula is C23H26N6O. The number of piperazine rings is 1. The third kappa shape index (κ3) is 4.51. The van der Waals surface area contributed by atoms with Crippen molar-refractivity contribution in [3.8, 4) is 0 Å². The molecule has 0 spiro atoms. The van der Waals surface area contributed by atoms with Gasteiger partial charge >= 0.3 is 0 Å². The van der Waals surface area contributed by atoms with Gasteiger partial charge in [0.25, 0.3) is 5.91 Å². The average molecular weight is 403 g/mol. The van der Waals surface area contributed by atoms with E-state index in [0.29, 0.717) is 17.2 Å². The lowest BCUT2D eigenvalue weighted by Gasteiger charge is -2.36. The first-order valence-electron chi connectivity index (χ1n) is 10.1. The highest BCUT2D eigenvalue weighted by molar-refractivity contribution is 6.04. The van der Waals surface area contributed by atoms with Crippen molar-refractivity contribution < 1.29 is 4.79 Å². The number of nitrogens with zero attached hydrogens (tertiary/aromatic N) is 5. The van der Waals surface area contributed by atoms with Crippen LogP contribution in [0.4, 0.5) is 23.0 Å². The molecule has 1 aromatic heterocycles. The van der Waals surface area contributed by atoms with Crippen LogP contribution in [0.3, 0.4) is 0 Å². The van der Waals surface area contributed by atoms with E-state index in [4.69, 9.17) is 0 Å². The van der Waals surface area contributed by atoms with E-state index in [1.165, 1.54) is 5.69 Å². The second-order valence-electron chi connectivity index (χ2n) is 7.48. The maximum Gasteiger partial charge on any atom is 0.255 e. The van der Waals surface area contributed by atoms with Crippen molar-refractivity contribution in [1.82, 2.24) is 9.97 Å². The van der Waals surface area contributed by atoms with Gasteiger partial charge in [-0.25, -0.2) is 9.97 Å². The number of nitrogens with one attached hydrogen (secondary N) is 1. The van der Waals surface area contributed by atoms with Gasteiger partial charge in [0.05, 0.1) is 18.1 Å². The molecule has 0 radical (unpaired) electrons. The van der Waals surface area contributed by atoms with Gasteiger partial charge in [-0.2, -0.15) is 0 Å². The molecule has 4 rings (SSSR count). The van der Waals surface area contributed by atoms with Crippen molar-refractivity contribution in [1.29, 1.82) is 0 Å². The summed E-state index contributed by atoms with van der Waals surface area (Å²) in [7, 11) is 3.94. The highest BCUT2D eigenvalue weighted by atomic mass is 16.1. The third-order valence-corrected chi connectivity index (χ3v) is 5.23. The quantitative estimate of drug-likeness (QED) is 0.707. The lowest BCUT2D eigenvalue weighted by atomic mass is 10.2. The zero-order chi connectivity index (χ0) is 20.9. The first-order chi connectivity index (χ1) is 14.6. The molecule has 1 aliphatic heterocycles. The van der Waals surface area contributed by atoms with Crippen LogP contribution >= 0.6 is 0 Å². The van der Waals surface area contributed by atoms with Gasteiger partial charge in [0.15, 0.2) is 0 Å². The first kappa shape index (κ1) is 19.7. The number of anilines is 4. The molecule has 1 aliphatic rings. The molecule has 0 atom stereocenters. The number of hydrogen-bond acceptors (Lipinski definition) is 6. The van der Waals surface area contributed by atoms with Crippen molar-refractivity contribution >= 4 is 28.9 Å². The molecule has 7 heteroatoms. The fraction of sp³-hybridized carbons (Fsp3) is 0.261. The van der Waals surface area contributed by atoms with Gasteiger partial charge in [0.1, 0.15) is 0 Å². The predicted octanol–water partition coefficient (Wildman–Crippen LogP) is 3.12. The third-order valence-electron chi connectivity index (χ3n) is 5.23. The SMILES string of the molecule is CN(C)c1ccc(C(=O)Nc2cnc(N3CCN(c4ccccc4)CC3)nc2)cc1. The normalized spacial score (nSPS) is 13.8. The predicted molar refractivity (Wildman–Crippen MR) is 122 cm³/mol. The maximum absolute atomic E-state index is 12.5. The van der Waals surface area contributed by atoms with E-state index in [2.05, 4.69) is 49.4 Å². The first-order valence-corrected chi connectivity index (χ1v) is 10.1. The molecule has 0 saturated carbocycles. The molecule has 30 heavy (non-hydrogen) atoms. The summed E-state index contributed by atoms with van der Waals surface area (Å²) >= 11 is 0. The van der Waals surface area contributed by atoms with Crippen LogP contribution in [0.1, 0.15) is 10.4 Å². The summed E-state index contributed by atoms with van der Waals surface area (Å²) in [6.07, 6.45) is 3.33. The fourth-order valence-electron chi connectivity index (χ4n) is 3.47. The van der Waals surface area contributed by atoms with Crippen LogP contribution in [0.5, 0.6) is 0 Å². The molecular weight excluding hydrogens is 376 g/mol. The van der Waals surface area contributed by atoms with Gasteiger partial charge in [0, 0.05) is 57.2 Å². The largest absolute Gasteiger partial charge is 0.378 e. The minimum absolute atomic E-state index is 0.173. The molecule has 1 amide bonds. The molecule has 0 bridgehead atoms. The Bertz CT molecular complexity index is 965. The molecule has 7 nitrogen and oxygen atoms in total. The van der Waals surface area contributed by atoms with E-state index in [1.54, 1.807) is 12.4 Å². The summed E-state index contributed by atoms with van der Waals surface area (Å²) in [4.78, 5) is 27.9. The second kappa shape index (κ2) is 8.82. The van der Waals surface area contributed by atoms with Crippen LogP contribution in [0.15, 0.2) is 67.0 Å². The summed E-state index contributed by atoms with van der Waals surface area (Å²) in [5.74, 6) is 0.518. The Labute approximate surface area is 177 Å². The zero-order valence-corrected chi connectivity index (χ0v) is 17.3. The van der Waals surface area contributed by atoms with Gasteiger partial charge in [0.2, 0.25) is 5.95 Å². The number of carbonyl (C=O) groups is 1. The molecule has 1 N–H and O–H groups in total. The minimum atomic E-state index is -0.173. The Hall–Kier alpha value is -3.61. The van der Waals surface area contributed by atoms with Gasteiger partial charge in [-0.3, -0.25) is 4.79 Å². The van der Waals surface area contributed by atoms with Crippen molar-refractivity contribution in [3.05, 3.63) is 72.6 Å². The number of para-hydroxylation sites is 1. The topological polar surface area (TPSA) is 64.6 Å². The molecule has 2 aromatic carbocycles. The Morgan fingerprint density at radius 2 is 1.47 bits per heavy atom. The molecule has 1 saturated heterocycles. The van der Waals surface area contributed by atoms with Crippen molar-refractivity contribution in [3.63, 3.8) is 0 Å². The minimum Gasteiger partial charge on any atom is -0.378 e. The Morgan fingerprint density at radius 3 is 2.07 bits per heavy atom. The molecule has 0 unspecified atom stereocenters. The van der Waals surface area contributed by atoms with E-state index in [9.17, 15) is 4.79 Å². The number of hydrogen-bond donors (Lipinski definition) is 1. The number of amides is 1. The maximum atomic E-state index is 12.5. The molecule has 2 heterocycles. The zero-order valence-electron chi connectivity index (χ0n) is 17.3. The van der Waals surface area contributed by atoms with Crippen LogP contribution in [0.2, 0.25) is 0 Å². The van der Waals surface area contributed by atoms with E-state index in [0.717, 1.165) is 31.9 Å². The average Bonchev–Trinajstić information content (AvgIpc) is 2.80. The molecule has 0 aliphatic carbocycles. The Morgan fingerprint density at radius 1 is 0.867 bits per heavy atom. The highest BCUT2D eigenvalue weighted by Gasteiger charge is 2.19. The van der Waals surface area contributed by atoms with Gasteiger partial charge < -0.3 is 20.0 Å². The molecule has 3 aromatic rings.